The Morgan fingerprint density at radius 1 is 1.12 bits per heavy atom. The van der Waals surface area contributed by atoms with Crippen molar-refractivity contribution in [2.45, 2.75) is 13.5 Å². The Morgan fingerprint density at radius 2 is 1.92 bits per heavy atom. The van der Waals surface area contributed by atoms with Crippen molar-refractivity contribution in [2.75, 3.05) is 10.6 Å². The predicted octanol–water partition coefficient (Wildman–Crippen LogP) is 4.70. The van der Waals surface area contributed by atoms with E-state index in [1.165, 1.54) is 5.56 Å². The first kappa shape index (κ1) is 16.5. The zero-order chi connectivity index (χ0) is 16.9. The van der Waals surface area contributed by atoms with E-state index in [4.69, 9.17) is 23.8 Å². The maximum Gasteiger partial charge on any atom is 0.176 e. The largest absolute Gasteiger partial charge is 0.332 e. The molecule has 0 unspecified atom stereocenters. The number of halogens is 1. The summed E-state index contributed by atoms with van der Waals surface area (Å²) in [7, 11) is 0. The van der Waals surface area contributed by atoms with Crippen LogP contribution in [0.1, 0.15) is 11.1 Å². The highest BCUT2D eigenvalue weighted by Crippen LogP contribution is 2.20. The fourth-order valence-electron chi connectivity index (χ4n) is 2.24. The van der Waals surface area contributed by atoms with E-state index in [9.17, 15) is 0 Å². The van der Waals surface area contributed by atoms with E-state index in [1.807, 2.05) is 60.3 Å². The van der Waals surface area contributed by atoms with Crippen LogP contribution >= 0.6 is 23.8 Å². The van der Waals surface area contributed by atoms with Gasteiger partial charge in [-0.15, -0.1) is 0 Å². The van der Waals surface area contributed by atoms with E-state index in [-0.39, 0.29) is 0 Å². The molecule has 0 spiro atoms. The zero-order valence-corrected chi connectivity index (χ0v) is 14.7. The van der Waals surface area contributed by atoms with Gasteiger partial charge in [-0.2, -0.15) is 5.10 Å². The minimum atomic E-state index is 0.472. The molecule has 122 valence electrons. The lowest BCUT2D eigenvalue weighted by atomic mass is 10.2. The number of thiocarbonyl (C=S) groups is 1. The first-order valence-corrected chi connectivity index (χ1v) is 8.30. The summed E-state index contributed by atoms with van der Waals surface area (Å²) in [5, 5.41) is 11.8. The fourth-order valence-corrected chi connectivity index (χ4v) is 2.64. The molecule has 6 heteroatoms. The Kier molecular flexibility index (Phi) is 5.13. The fraction of sp³-hybridized carbons (Fsp3) is 0.111. The highest BCUT2D eigenvalue weighted by atomic mass is 35.5. The normalized spacial score (nSPS) is 10.4. The van der Waals surface area contributed by atoms with E-state index >= 15 is 0 Å². The molecule has 0 aliphatic carbocycles. The number of rotatable bonds is 4. The number of anilines is 2. The summed E-state index contributed by atoms with van der Waals surface area (Å²) in [6.07, 6.45) is 1.92. The van der Waals surface area contributed by atoms with Gasteiger partial charge in [-0.05, 0) is 42.4 Å². The summed E-state index contributed by atoms with van der Waals surface area (Å²) < 4.78 is 1.86. The van der Waals surface area contributed by atoms with E-state index in [2.05, 4.69) is 27.9 Å². The number of aromatic nitrogens is 2. The second kappa shape index (κ2) is 7.47. The summed E-state index contributed by atoms with van der Waals surface area (Å²) >= 11 is 11.4. The van der Waals surface area contributed by atoms with Crippen molar-refractivity contribution in [3.63, 3.8) is 0 Å². The minimum Gasteiger partial charge on any atom is -0.332 e. The van der Waals surface area contributed by atoms with Gasteiger partial charge in [0, 0.05) is 23.0 Å². The second-order valence-corrected chi connectivity index (χ2v) is 6.24. The van der Waals surface area contributed by atoms with Crippen LogP contribution < -0.4 is 10.6 Å². The standard InChI is InChI=1S/C18H17ClN4S/c1-13-7-8-15(11-16(13)19)20-18(24)21-17-9-10-23(22-17)12-14-5-3-2-4-6-14/h2-11H,12H2,1H3,(H2,20,21,22,24). The third kappa shape index (κ3) is 4.34. The van der Waals surface area contributed by atoms with Crippen molar-refractivity contribution < 1.29 is 0 Å². The SMILES string of the molecule is Cc1ccc(NC(=S)Nc2ccn(Cc3ccccc3)n2)cc1Cl. The molecule has 2 aromatic carbocycles. The number of benzene rings is 2. The van der Waals surface area contributed by atoms with Crippen LogP contribution in [-0.4, -0.2) is 14.9 Å². The molecule has 3 rings (SSSR count). The second-order valence-electron chi connectivity index (χ2n) is 5.43. The highest BCUT2D eigenvalue weighted by Gasteiger charge is 2.04. The molecule has 0 saturated carbocycles. The maximum absolute atomic E-state index is 6.12. The summed E-state index contributed by atoms with van der Waals surface area (Å²) in [6, 6.07) is 17.8. The molecule has 2 N–H and O–H groups in total. The van der Waals surface area contributed by atoms with Gasteiger partial charge >= 0.3 is 0 Å². The lowest BCUT2D eigenvalue weighted by molar-refractivity contribution is 0.690. The van der Waals surface area contributed by atoms with Gasteiger partial charge in [0.05, 0.1) is 6.54 Å². The van der Waals surface area contributed by atoms with Crippen molar-refractivity contribution in [3.8, 4) is 0 Å². The third-order valence-corrected chi connectivity index (χ3v) is 4.11. The van der Waals surface area contributed by atoms with Gasteiger partial charge in [-0.1, -0.05) is 48.0 Å². The van der Waals surface area contributed by atoms with Crippen LogP contribution in [-0.2, 0) is 6.54 Å². The van der Waals surface area contributed by atoms with Gasteiger partial charge < -0.3 is 10.6 Å². The Bertz CT molecular complexity index is 845. The number of hydrogen-bond acceptors (Lipinski definition) is 2. The molecule has 0 bridgehead atoms. The number of nitrogens with one attached hydrogen (secondary N) is 2. The van der Waals surface area contributed by atoms with Crippen LogP contribution in [0.3, 0.4) is 0 Å². The van der Waals surface area contributed by atoms with Crippen molar-refractivity contribution in [1.29, 1.82) is 0 Å². The molecule has 0 saturated heterocycles. The quantitative estimate of drug-likeness (QED) is 0.665. The Balaban J connectivity index is 1.59. The molecule has 0 atom stereocenters. The topological polar surface area (TPSA) is 41.9 Å². The summed E-state index contributed by atoms with van der Waals surface area (Å²) in [5.74, 6) is 0.696. The van der Waals surface area contributed by atoms with Gasteiger partial charge in [0.25, 0.3) is 0 Å². The number of nitrogens with zero attached hydrogens (tertiary/aromatic N) is 2. The van der Waals surface area contributed by atoms with Gasteiger partial charge in [-0.25, -0.2) is 0 Å². The lowest BCUT2D eigenvalue weighted by Crippen LogP contribution is -2.19. The van der Waals surface area contributed by atoms with Gasteiger partial charge in [-0.3, -0.25) is 4.68 Å². The molecule has 0 fully saturated rings. The van der Waals surface area contributed by atoms with Gasteiger partial charge in [0.15, 0.2) is 10.9 Å². The van der Waals surface area contributed by atoms with Gasteiger partial charge in [0.2, 0.25) is 0 Å². The number of aryl methyl sites for hydroxylation is 1. The third-order valence-electron chi connectivity index (χ3n) is 3.50. The van der Waals surface area contributed by atoms with E-state index in [1.54, 1.807) is 0 Å². The van der Waals surface area contributed by atoms with Crippen molar-refractivity contribution in [2.24, 2.45) is 0 Å². The molecule has 3 aromatic rings. The van der Waals surface area contributed by atoms with Crippen LogP contribution in [0.25, 0.3) is 0 Å². The van der Waals surface area contributed by atoms with E-state index in [0.29, 0.717) is 16.0 Å². The lowest BCUT2D eigenvalue weighted by Gasteiger charge is -2.09. The Labute approximate surface area is 151 Å². The number of hydrogen-bond donors (Lipinski definition) is 2. The first-order valence-electron chi connectivity index (χ1n) is 7.52. The molecule has 1 aromatic heterocycles. The monoisotopic (exact) mass is 356 g/mol. The summed E-state index contributed by atoms with van der Waals surface area (Å²) in [6.45, 7) is 2.68. The molecule has 4 nitrogen and oxygen atoms in total. The molecule has 24 heavy (non-hydrogen) atoms. The predicted molar refractivity (Wildman–Crippen MR) is 104 cm³/mol. The zero-order valence-electron chi connectivity index (χ0n) is 13.2. The highest BCUT2D eigenvalue weighted by molar-refractivity contribution is 7.80. The molecular formula is C18H17ClN4S. The van der Waals surface area contributed by atoms with Crippen molar-refractivity contribution in [1.82, 2.24) is 9.78 Å². The molecule has 0 aliphatic heterocycles. The van der Waals surface area contributed by atoms with Crippen LogP contribution in [0.4, 0.5) is 11.5 Å². The van der Waals surface area contributed by atoms with Crippen LogP contribution in [0.5, 0.6) is 0 Å². The smallest absolute Gasteiger partial charge is 0.176 e. The Morgan fingerprint density at radius 3 is 2.67 bits per heavy atom. The Hall–Kier alpha value is -2.37. The summed E-state index contributed by atoms with van der Waals surface area (Å²) in [5.41, 5.74) is 3.06. The maximum atomic E-state index is 6.12. The van der Waals surface area contributed by atoms with Gasteiger partial charge in [0.1, 0.15) is 0 Å². The summed E-state index contributed by atoms with van der Waals surface area (Å²) in [4.78, 5) is 0. The average molecular weight is 357 g/mol. The van der Waals surface area contributed by atoms with E-state index < -0.39 is 0 Å². The molecule has 0 radical (unpaired) electrons. The van der Waals surface area contributed by atoms with Crippen LogP contribution in [0.2, 0.25) is 5.02 Å². The van der Waals surface area contributed by atoms with Crippen molar-refractivity contribution >= 4 is 40.4 Å². The molecule has 0 aliphatic rings. The van der Waals surface area contributed by atoms with E-state index in [0.717, 1.165) is 17.8 Å². The minimum absolute atomic E-state index is 0.472. The van der Waals surface area contributed by atoms with Crippen LogP contribution in [0.15, 0.2) is 60.8 Å². The molecule has 0 amide bonds. The molecular weight excluding hydrogens is 340 g/mol. The average Bonchev–Trinajstić information content (AvgIpc) is 2.99. The first-order chi connectivity index (χ1) is 11.6. The van der Waals surface area contributed by atoms with Crippen LogP contribution in [0, 0.1) is 6.92 Å². The molecule has 1 heterocycles. The van der Waals surface area contributed by atoms with Crippen molar-refractivity contribution in [3.05, 3.63) is 76.9 Å².